The topological polar surface area (TPSA) is 24.9 Å². The minimum absolute atomic E-state index is 0.720. The van der Waals surface area contributed by atoms with Crippen LogP contribution in [0.4, 0.5) is 23.2 Å². The van der Waals surface area contributed by atoms with Gasteiger partial charge >= 0.3 is 0 Å². The number of rotatable bonds is 1. The van der Waals surface area contributed by atoms with Crippen LogP contribution < -0.4 is 5.32 Å². The average molecular weight is 222 g/mol. The summed E-state index contributed by atoms with van der Waals surface area (Å²) >= 11 is 0. The van der Waals surface area contributed by atoms with Gasteiger partial charge in [-0.15, -0.1) is 0 Å². The first-order valence-electron chi connectivity index (χ1n) is 4.20. The second-order valence-corrected chi connectivity index (χ2v) is 4.07. The van der Waals surface area contributed by atoms with E-state index in [-0.39, 0.29) is 0 Å². The number of pyridine rings is 1. The van der Waals surface area contributed by atoms with Crippen molar-refractivity contribution in [3.05, 3.63) is 23.5 Å². The predicted molar refractivity (Wildman–Crippen MR) is 47.4 cm³/mol. The van der Waals surface area contributed by atoms with Crippen molar-refractivity contribution in [1.82, 2.24) is 4.98 Å². The van der Waals surface area contributed by atoms with E-state index in [2.05, 4.69) is 10.3 Å². The van der Waals surface area contributed by atoms with Crippen LogP contribution in [-0.2, 0) is 0 Å². The Kier molecular flexibility index (Phi) is 2.88. The maximum Gasteiger partial charge on any atom is 0.253 e. The molecule has 0 bridgehead atoms. The van der Waals surface area contributed by atoms with Crippen LogP contribution in [0.3, 0.4) is 0 Å². The third-order valence-corrected chi connectivity index (χ3v) is 1.50. The number of hydrogen-bond acceptors (Lipinski definition) is 2. The van der Waals surface area contributed by atoms with Crippen molar-refractivity contribution in [1.29, 1.82) is 0 Å². The van der Waals surface area contributed by atoms with Crippen molar-refractivity contribution in [2.45, 2.75) is 26.3 Å². The minimum atomic E-state index is -1.67. The molecule has 6 heteroatoms. The van der Waals surface area contributed by atoms with Gasteiger partial charge in [0, 0.05) is 5.54 Å². The van der Waals surface area contributed by atoms with Gasteiger partial charge in [-0.05, 0) is 20.8 Å². The van der Waals surface area contributed by atoms with Crippen LogP contribution in [0.1, 0.15) is 20.8 Å². The summed E-state index contributed by atoms with van der Waals surface area (Å²) in [6.45, 7) is 4.80. The van der Waals surface area contributed by atoms with Crippen LogP contribution in [0.5, 0.6) is 0 Å². The fourth-order valence-electron chi connectivity index (χ4n) is 0.972. The molecule has 1 N–H and O–H groups in total. The summed E-state index contributed by atoms with van der Waals surface area (Å²) in [5.74, 6) is -6.38. The number of halogens is 4. The van der Waals surface area contributed by atoms with E-state index in [0.717, 1.165) is 0 Å². The lowest BCUT2D eigenvalue weighted by atomic mass is 10.1. The molecule has 0 aliphatic carbocycles. The molecular weight excluding hydrogens is 212 g/mol. The lowest BCUT2D eigenvalue weighted by molar-refractivity contribution is 0.407. The number of anilines is 1. The second-order valence-electron chi connectivity index (χ2n) is 4.07. The fraction of sp³-hybridized carbons (Fsp3) is 0.444. The molecule has 0 aliphatic rings. The zero-order chi connectivity index (χ0) is 11.8. The van der Waals surface area contributed by atoms with E-state index >= 15 is 0 Å². The second kappa shape index (κ2) is 3.67. The van der Waals surface area contributed by atoms with Crippen molar-refractivity contribution in [2.75, 3.05) is 5.32 Å². The lowest BCUT2D eigenvalue weighted by Gasteiger charge is -2.22. The van der Waals surface area contributed by atoms with E-state index in [0.29, 0.717) is 0 Å². The Morgan fingerprint density at radius 1 is 0.933 bits per heavy atom. The van der Waals surface area contributed by atoms with Gasteiger partial charge in [-0.25, -0.2) is 0 Å². The van der Waals surface area contributed by atoms with E-state index in [1.54, 1.807) is 20.8 Å². The van der Waals surface area contributed by atoms with Gasteiger partial charge in [0.25, 0.3) is 11.9 Å². The normalized spacial score (nSPS) is 11.7. The largest absolute Gasteiger partial charge is 0.375 e. The quantitative estimate of drug-likeness (QED) is 0.583. The Balaban J connectivity index is 3.27. The summed E-state index contributed by atoms with van der Waals surface area (Å²) in [5, 5.41) is 2.33. The van der Waals surface area contributed by atoms with Crippen molar-refractivity contribution < 1.29 is 17.6 Å². The van der Waals surface area contributed by atoms with E-state index in [1.807, 2.05) is 0 Å². The molecule has 0 amide bonds. The molecule has 2 nitrogen and oxygen atoms in total. The van der Waals surface area contributed by atoms with Gasteiger partial charge < -0.3 is 5.32 Å². The highest BCUT2D eigenvalue weighted by Gasteiger charge is 2.23. The third-order valence-electron chi connectivity index (χ3n) is 1.50. The van der Waals surface area contributed by atoms with Gasteiger partial charge in [0.05, 0.1) is 0 Å². The first-order chi connectivity index (χ1) is 6.72. The average Bonchev–Trinajstić information content (AvgIpc) is 2.08. The zero-order valence-corrected chi connectivity index (χ0v) is 8.46. The van der Waals surface area contributed by atoms with Crippen molar-refractivity contribution in [3.8, 4) is 0 Å². The molecule has 84 valence electrons. The molecule has 0 spiro atoms. The highest BCUT2D eigenvalue weighted by atomic mass is 19.2. The molecule has 0 aliphatic heterocycles. The van der Waals surface area contributed by atoms with Crippen LogP contribution in [0.25, 0.3) is 0 Å². The van der Waals surface area contributed by atoms with Crippen LogP contribution in [0.15, 0.2) is 0 Å². The van der Waals surface area contributed by atoms with Gasteiger partial charge in [0.2, 0.25) is 11.6 Å². The molecule has 0 radical (unpaired) electrons. The Labute approximate surface area is 84.3 Å². The monoisotopic (exact) mass is 222 g/mol. The Bertz CT molecular complexity index is 358. The predicted octanol–water partition coefficient (Wildman–Crippen LogP) is 2.85. The molecule has 0 unspecified atom stereocenters. The van der Waals surface area contributed by atoms with Gasteiger partial charge in [-0.3, -0.25) is 0 Å². The molecule has 0 saturated heterocycles. The number of hydrogen-bond donors (Lipinski definition) is 1. The van der Waals surface area contributed by atoms with Gasteiger partial charge in [-0.2, -0.15) is 22.5 Å². The van der Waals surface area contributed by atoms with Gasteiger partial charge in [-0.1, -0.05) is 0 Å². The van der Waals surface area contributed by atoms with Crippen molar-refractivity contribution in [2.24, 2.45) is 0 Å². The molecule has 1 aromatic rings. The molecule has 0 aromatic carbocycles. The highest BCUT2D eigenvalue weighted by Crippen LogP contribution is 2.24. The van der Waals surface area contributed by atoms with Crippen LogP contribution >= 0.6 is 0 Å². The summed E-state index contributed by atoms with van der Waals surface area (Å²) in [6.07, 6.45) is 0. The Hall–Kier alpha value is -1.33. The summed E-state index contributed by atoms with van der Waals surface area (Å²) in [5.41, 5.74) is -1.56. The van der Waals surface area contributed by atoms with E-state index in [4.69, 9.17) is 0 Å². The Morgan fingerprint density at radius 3 is 1.67 bits per heavy atom. The Morgan fingerprint density at radius 2 is 1.33 bits per heavy atom. The molecule has 15 heavy (non-hydrogen) atoms. The van der Waals surface area contributed by atoms with Crippen LogP contribution in [0.2, 0.25) is 0 Å². The molecule has 0 atom stereocenters. The smallest absolute Gasteiger partial charge is 0.253 e. The SMILES string of the molecule is CC(C)(C)Nc1c(F)c(F)nc(F)c1F. The molecular formula is C9H10F4N2. The van der Waals surface area contributed by atoms with Crippen LogP contribution in [0, 0.1) is 23.5 Å². The molecule has 1 heterocycles. The summed E-state index contributed by atoms with van der Waals surface area (Å²) in [7, 11) is 0. The minimum Gasteiger partial charge on any atom is -0.375 e. The van der Waals surface area contributed by atoms with E-state index < -0.39 is 34.8 Å². The third kappa shape index (κ3) is 2.57. The summed E-state index contributed by atoms with van der Waals surface area (Å²) < 4.78 is 51.5. The molecule has 1 aromatic heterocycles. The maximum atomic E-state index is 13.1. The van der Waals surface area contributed by atoms with Crippen molar-refractivity contribution >= 4 is 5.69 Å². The highest BCUT2D eigenvalue weighted by molar-refractivity contribution is 5.47. The zero-order valence-electron chi connectivity index (χ0n) is 8.46. The number of aromatic nitrogens is 1. The first-order valence-corrected chi connectivity index (χ1v) is 4.20. The van der Waals surface area contributed by atoms with E-state index in [9.17, 15) is 17.6 Å². The number of nitrogens with zero attached hydrogens (tertiary/aromatic N) is 1. The first kappa shape index (κ1) is 11.7. The van der Waals surface area contributed by atoms with Crippen LogP contribution in [-0.4, -0.2) is 10.5 Å². The molecule has 0 saturated carbocycles. The van der Waals surface area contributed by atoms with Crippen molar-refractivity contribution in [3.63, 3.8) is 0 Å². The standard InChI is InChI=1S/C9H10F4N2/c1-9(2,3)15-6-4(10)7(12)14-8(13)5(6)11/h1-3H3,(H,14,15). The maximum absolute atomic E-state index is 13.1. The van der Waals surface area contributed by atoms with Gasteiger partial charge in [0.1, 0.15) is 5.69 Å². The lowest BCUT2D eigenvalue weighted by Crippen LogP contribution is -2.28. The summed E-state index contributed by atoms with van der Waals surface area (Å²) in [4.78, 5) is 2.44. The van der Waals surface area contributed by atoms with E-state index in [1.165, 1.54) is 0 Å². The molecule has 0 fully saturated rings. The summed E-state index contributed by atoms with van der Waals surface area (Å²) in [6, 6.07) is 0. The fourth-order valence-corrected chi connectivity index (χ4v) is 0.972. The molecule has 1 rings (SSSR count). The number of nitrogens with one attached hydrogen (secondary N) is 1. The van der Waals surface area contributed by atoms with Gasteiger partial charge in [0.15, 0.2) is 0 Å².